The Morgan fingerprint density at radius 3 is 1.83 bits per heavy atom. The van der Waals surface area contributed by atoms with E-state index in [1.165, 1.54) is 11.1 Å². The topological polar surface area (TPSA) is 20.2 Å². The van der Waals surface area contributed by atoms with Crippen LogP contribution in [0, 0.1) is 0 Å². The number of phenolic OH excluding ortho intramolecular Hbond substituents is 1. The second-order valence-electron chi connectivity index (χ2n) is 8.11. The maximum absolute atomic E-state index is 10.3. The molecule has 18 heavy (non-hydrogen) atoms. The van der Waals surface area contributed by atoms with Crippen molar-refractivity contribution in [3.63, 3.8) is 0 Å². The van der Waals surface area contributed by atoms with Crippen molar-refractivity contribution in [1.29, 1.82) is 0 Å². The van der Waals surface area contributed by atoms with E-state index >= 15 is 0 Å². The molecule has 0 fully saturated rings. The molecule has 1 aromatic rings. The van der Waals surface area contributed by atoms with Crippen molar-refractivity contribution in [1.82, 2.24) is 0 Å². The molecule has 0 unspecified atom stereocenters. The van der Waals surface area contributed by atoms with Crippen molar-refractivity contribution in [2.24, 2.45) is 0 Å². The summed E-state index contributed by atoms with van der Waals surface area (Å²) < 4.78 is 0. The smallest absolute Gasteiger partial charge is 0.119 e. The first-order valence-corrected chi connectivity index (χ1v) is 6.84. The zero-order chi connectivity index (χ0) is 13.9. The van der Waals surface area contributed by atoms with E-state index in [4.69, 9.17) is 0 Å². The molecule has 1 aliphatic rings. The summed E-state index contributed by atoms with van der Waals surface area (Å²) in [6, 6.07) is 4.24. The summed E-state index contributed by atoms with van der Waals surface area (Å²) in [5.41, 5.74) is 4.14. The lowest BCUT2D eigenvalue weighted by Gasteiger charge is -2.25. The van der Waals surface area contributed by atoms with Gasteiger partial charge in [-0.2, -0.15) is 0 Å². The third-order valence-electron chi connectivity index (χ3n) is 4.29. The number of phenols is 1. The Balaban J connectivity index is 2.71. The monoisotopic (exact) mass is 246 g/mol. The van der Waals surface area contributed by atoms with E-state index in [0.29, 0.717) is 5.75 Å². The minimum absolute atomic E-state index is 0.0120. The quantitative estimate of drug-likeness (QED) is 0.706. The number of hydrogen-bond donors (Lipinski definition) is 1. The average molecular weight is 246 g/mol. The third kappa shape index (κ3) is 1.94. The molecule has 1 heteroatoms. The SMILES string of the molecule is CC(C)(C)c1cc2c(cc1O)C(C)(C)CC2(C)C. The van der Waals surface area contributed by atoms with Crippen LogP contribution in [0.3, 0.4) is 0 Å². The molecule has 0 saturated heterocycles. The molecule has 1 aromatic carbocycles. The number of aromatic hydroxyl groups is 1. The van der Waals surface area contributed by atoms with Crippen LogP contribution >= 0.6 is 0 Å². The summed E-state index contributed by atoms with van der Waals surface area (Å²) >= 11 is 0. The number of fused-ring (bicyclic) bond motifs is 1. The lowest BCUT2D eigenvalue weighted by molar-refractivity contribution is 0.402. The van der Waals surface area contributed by atoms with Crippen LogP contribution in [-0.4, -0.2) is 5.11 Å². The molecule has 0 heterocycles. The first-order valence-electron chi connectivity index (χ1n) is 6.84. The van der Waals surface area contributed by atoms with Gasteiger partial charge < -0.3 is 5.11 Å². The Hall–Kier alpha value is -0.980. The molecule has 0 aliphatic heterocycles. The molecule has 0 amide bonds. The normalized spacial score (nSPS) is 20.8. The summed E-state index contributed by atoms with van der Waals surface area (Å²) in [4.78, 5) is 0. The standard InChI is InChI=1S/C17H26O/c1-15(2,3)13-8-11-12(9-14(13)18)17(6,7)10-16(11,4)5/h8-9,18H,10H2,1-7H3. The van der Waals surface area contributed by atoms with Gasteiger partial charge in [0, 0.05) is 0 Å². The fourth-order valence-electron chi connectivity index (χ4n) is 3.60. The van der Waals surface area contributed by atoms with E-state index in [2.05, 4.69) is 54.5 Å². The minimum Gasteiger partial charge on any atom is -0.508 e. The molecule has 0 bridgehead atoms. The van der Waals surface area contributed by atoms with Crippen LogP contribution in [0.25, 0.3) is 0 Å². The van der Waals surface area contributed by atoms with Gasteiger partial charge in [0.15, 0.2) is 0 Å². The van der Waals surface area contributed by atoms with Crippen molar-refractivity contribution in [2.45, 2.75) is 71.1 Å². The van der Waals surface area contributed by atoms with Gasteiger partial charge in [0.05, 0.1) is 0 Å². The van der Waals surface area contributed by atoms with E-state index < -0.39 is 0 Å². The third-order valence-corrected chi connectivity index (χ3v) is 4.29. The average Bonchev–Trinajstić information content (AvgIpc) is 2.29. The highest BCUT2D eigenvalue weighted by Crippen LogP contribution is 2.51. The number of benzene rings is 1. The Labute approximate surface area is 111 Å². The zero-order valence-electron chi connectivity index (χ0n) is 12.8. The van der Waals surface area contributed by atoms with E-state index in [1.807, 2.05) is 6.07 Å². The van der Waals surface area contributed by atoms with Gasteiger partial charge in [-0.15, -0.1) is 0 Å². The minimum atomic E-state index is -0.0120. The Morgan fingerprint density at radius 1 is 0.944 bits per heavy atom. The molecule has 2 rings (SSSR count). The highest BCUT2D eigenvalue weighted by Gasteiger charge is 2.42. The van der Waals surface area contributed by atoms with Gasteiger partial charge in [0.2, 0.25) is 0 Å². The maximum atomic E-state index is 10.3. The van der Waals surface area contributed by atoms with Crippen LogP contribution in [-0.2, 0) is 16.2 Å². The lowest BCUT2D eigenvalue weighted by Crippen LogP contribution is -2.18. The van der Waals surface area contributed by atoms with Gasteiger partial charge in [0.1, 0.15) is 5.75 Å². The second-order valence-corrected chi connectivity index (χ2v) is 8.11. The van der Waals surface area contributed by atoms with E-state index in [0.717, 1.165) is 12.0 Å². The Morgan fingerprint density at radius 2 is 1.39 bits per heavy atom. The molecule has 1 N–H and O–H groups in total. The fourth-order valence-corrected chi connectivity index (χ4v) is 3.60. The predicted molar refractivity (Wildman–Crippen MR) is 77.5 cm³/mol. The molecular formula is C17H26O. The van der Waals surface area contributed by atoms with E-state index in [1.54, 1.807) is 0 Å². The molecule has 0 atom stereocenters. The van der Waals surface area contributed by atoms with Crippen LogP contribution < -0.4 is 0 Å². The largest absolute Gasteiger partial charge is 0.508 e. The van der Waals surface area contributed by atoms with Crippen LogP contribution in [0.2, 0.25) is 0 Å². The maximum Gasteiger partial charge on any atom is 0.119 e. The molecule has 0 aromatic heterocycles. The van der Waals surface area contributed by atoms with Crippen LogP contribution in [0.15, 0.2) is 12.1 Å². The molecule has 100 valence electrons. The van der Waals surface area contributed by atoms with Crippen molar-refractivity contribution in [3.8, 4) is 5.75 Å². The van der Waals surface area contributed by atoms with Crippen molar-refractivity contribution in [3.05, 3.63) is 28.8 Å². The Kier molecular flexibility index (Phi) is 2.63. The van der Waals surface area contributed by atoms with Gasteiger partial charge in [-0.25, -0.2) is 0 Å². The van der Waals surface area contributed by atoms with Gasteiger partial charge in [-0.1, -0.05) is 54.5 Å². The highest BCUT2D eigenvalue weighted by atomic mass is 16.3. The van der Waals surface area contributed by atoms with Crippen molar-refractivity contribution in [2.75, 3.05) is 0 Å². The number of rotatable bonds is 0. The Bertz CT molecular complexity index is 487. The van der Waals surface area contributed by atoms with Gasteiger partial charge in [-0.3, -0.25) is 0 Å². The molecule has 1 nitrogen and oxygen atoms in total. The highest BCUT2D eigenvalue weighted by molar-refractivity contribution is 5.53. The molecule has 0 saturated carbocycles. The summed E-state index contributed by atoms with van der Waals surface area (Å²) in [5, 5.41) is 10.3. The van der Waals surface area contributed by atoms with Gasteiger partial charge >= 0.3 is 0 Å². The summed E-state index contributed by atoms with van der Waals surface area (Å²) in [7, 11) is 0. The van der Waals surface area contributed by atoms with E-state index in [9.17, 15) is 5.11 Å². The first-order chi connectivity index (χ1) is 7.95. The summed E-state index contributed by atoms with van der Waals surface area (Å²) in [6.45, 7) is 15.6. The van der Waals surface area contributed by atoms with Gasteiger partial charge in [-0.05, 0) is 45.4 Å². The van der Waals surface area contributed by atoms with E-state index in [-0.39, 0.29) is 16.2 Å². The second kappa shape index (κ2) is 3.53. The molecule has 0 spiro atoms. The number of hydrogen-bond acceptors (Lipinski definition) is 1. The van der Waals surface area contributed by atoms with Crippen molar-refractivity contribution >= 4 is 0 Å². The van der Waals surface area contributed by atoms with Crippen molar-refractivity contribution < 1.29 is 5.11 Å². The first kappa shape index (κ1) is 13.5. The summed E-state index contributed by atoms with van der Waals surface area (Å²) in [6.07, 6.45) is 1.14. The molecular weight excluding hydrogens is 220 g/mol. The predicted octanol–water partition coefficient (Wildman–Crippen LogP) is 4.65. The van der Waals surface area contributed by atoms with Crippen LogP contribution in [0.5, 0.6) is 5.75 Å². The summed E-state index contributed by atoms with van der Waals surface area (Å²) in [5.74, 6) is 0.451. The van der Waals surface area contributed by atoms with Crippen LogP contribution in [0.1, 0.15) is 71.6 Å². The van der Waals surface area contributed by atoms with Gasteiger partial charge in [0.25, 0.3) is 0 Å². The van der Waals surface area contributed by atoms with Crippen LogP contribution in [0.4, 0.5) is 0 Å². The zero-order valence-corrected chi connectivity index (χ0v) is 12.8. The fraction of sp³-hybridized carbons (Fsp3) is 0.647. The molecule has 1 aliphatic carbocycles. The lowest BCUT2D eigenvalue weighted by atomic mass is 9.80. The molecule has 0 radical (unpaired) electrons.